The van der Waals surface area contributed by atoms with Crippen molar-refractivity contribution in [1.29, 1.82) is 0 Å². The number of aromatic amines is 1. The predicted molar refractivity (Wildman–Crippen MR) is 160 cm³/mol. The summed E-state index contributed by atoms with van der Waals surface area (Å²) in [5.41, 5.74) is 2.52. The molecule has 0 aliphatic carbocycles. The molecule has 2 aliphatic heterocycles. The molecular formula is C27H31Cl4F3N7+. The normalized spacial score (nSPS) is 19.5. The van der Waals surface area contributed by atoms with Gasteiger partial charge in [0.2, 0.25) is 6.33 Å². The molecule has 6 rings (SSSR count). The lowest BCUT2D eigenvalue weighted by molar-refractivity contribution is -0.671. The number of piperazine rings is 1. The number of rotatable bonds is 5. The van der Waals surface area contributed by atoms with Crippen molar-refractivity contribution in [1.82, 2.24) is 24.8 Å². The molecule has 2 aliphatic rings. The Kier molecular flexibility index (Phi) is 9.72. The molecule has 3 aromatic heterocycles. The lowest BCUT2D eigenvalue weighted by atomic mass is 9.96. The Morgan fingerprint density at radius 2 is 1.90 bits per heavy atom. The van der Waals surface area contributed by atoms with E-state index in [9.17, 15) is 13.2 Å². The number of aryl methyl sites for hydroxylation is 1. The number of halogens is 7. The Balaban J connectivity index is 0.00000194. The number of fused-ring (bicyclic) bond motifs is 3. The number of hydrogen-bond donors (Lipinski definition) is 2. The first-order valence-electron chi connectivity index (χ1n) is 12.9. The molecule has 2 unspecified atom stereocenters. The molecule has 0 amide bonds. The molecule has 2 N–H and O–H groups in total. The van der Waals surface area contributed by atoms with Crippen LogP contribution in [0.2, 0.25) is 10.0 Å². The molecule has 222 valence electrons. The van der Waals surface area contributed by atoms with Crippen LogP contribution in [0, 0.1) is 0 Å². The van der Waals surface area contributed by atoms with Gasteiger partial charge in [-0.15, -0.1) is 24.8 Å². The van der Waals surface area contributed by atoms with Crippen LogP contribution in [0.3, 0.4) is 0 Å². The molecule has 41 heavy (non-hydrogen) atoms. The van der Waals surface area contributed by atoms with E-state index in [1.54, 1.807) is 6.07 Å². The van der Waals surface area contributed by atoms with E-state index in [0.717, 1.165) is 42.0 Å². The largest absolute Gasteiger partial charge is 0.434 e. The van der Waals surface area contributed by atoms with Crippen molar-refractivity contribution in [2.24, 2.45) is 7.05 Å². The average Bonchev–Trinajstić information content (AvgIpc) is 3.48. The van der Waals surface area contributed by atoms with E-state index >= 15 is 0 Å². The Labute approximate surface area is 258 Å². The van der Waals surface area contributed by atoms with Crippen LogP contribution in [-0.4, -0.2) is 58.2 Å². The van der Waals surface area contributed by atoms with E-state index in [0.29, 0.717) is 25.5 Å². The standard InChI is InChI=1S/C27H29Cl2F3N7.2ClH/c1-36-10-11-37(16-36)15-23-25-19(20-12-17(28)2-4-22(20)34-25)6-8-38(23)13-18-14-39(9-7-33-18)24-5-3-21(29)26(35-24)27(30,31)32;;/h2-5,10-12,16,18,23,33-34H,6-9,13-15H2,1H3;2*1H/q+1;;. The first-order valence-corrected chi connectivity index (χ1v) is 13.7. The van der Waals surface area contributed by atoms with Crippen molar-refractivity contribution in [2.45, 2.75) is 31.2 Å². The van der Waals surface area contributed by atoms with Gasteiger partial charge < -0.3 is 15.2 Å². The Morgan fingerprint density at radius 3 is 2.63 bits per heavy atom. The number of H-pyrrole nitrogens is 1. The maximum Gasteiger partial charge on any atom is 0.434 e. The average molecular weight is 652 g/mol. The molecule has 5 heterocycles. The number of nitrogens with one attached hydrogen (secondary N) is 2. The maximum atomic E-state index is 13.4. The summed E-state index contributed by atoms with van der Waals surface area (Å²) in [6.07, 6.45) is 2.44. The third-order valence-electron chi connectivity index (χ3n) is 7.67. The molecule has 0 spiro atoms. The molecule has 0 saturated carbocycles. The van der Waals surface area contributed by atoms with Crippen LogP contribution >= 0.6 is 48.0 Å². The molecular weight excluding hydrogens is 621 g/mol. The number of imidazole rings is 1. The van der Waals surface area contributed by atoms with Crippen LogP contribution in [0.25, 0.3) is 10.9 Å². The first kappa shape index (κ1) is 31.7. The second-order valence-electron chi connectivity index (χ2n) is 10.3. The zero-order valence-corrected chi connectivity index (χ0v) is 25.3. The molecule has 0 bridgehead atoms. The number of nitrogens with zero attached hydrogens (tertiary/aromatic N) is 5. The quantitative estimate of drug-likeness (QED) is 0.283. The number of hydrogen-bond acceptors (Lipinski definition) is 4. The summed E-state index contributed by atoms with van der Waals surface area (Å²) in [7, 11) is 2.00. The topological polar surface area (TPSA) is 56.0 Å². The minimum absolute atomic E-state index is 0. The fourth-order valence-corrected chi connectivity index (χ4v) is 6.25. The summed E-state index contributed by atoms with van der Waals surface area (Å²) in [6, 6.07) is 8.96. The number of alkyl halides is 3. The Hall–Kier alpha value is -2.21. The summed E-state index contributed by atoms with van der Waals surface area (Å²) in [4.78, 5) is 11.9. The van der Waals surface area contributed by atoms with Gasteiger partial charge in [-0.2, -0.15) is 13.2 Å². The molecule has 7 nitrogen and oxygen atoms in total. The predicted octanol–water partition coefficient (Wildman–Crippen LogP) is 5.44. The second-order valence-corrected chi connectivity index (χ2v) is 11.2. The van der Waals surface area contributed by atoms with Gasteiger partial charge >= 0.3 is 6.18 Å². The van der Waals surface area contributed by atoms with Crippen LogP contribution in [0.4, 0.5) is 19.0 Å². The van der Waals surface area contributed by atoms with Crippen molar-refractivity contribution < 1.29 is 17.7 Å². The summed E-state index contributed by atoms with van der Waals surface area (Å²) in [5, 5.41) is 5.07. The van der Waals surface area contributed by atoms with E-state index < -0.39 is 11.9 Å². The van der Waals surface area contributed by atoms with Gasteiger partial charge in [-0.3, -0.25) is 4.90 Å². The molecule has 14 heteroatoms. The first-order chi connectivity index (χ1) is 18.7. The summed E-state index contributed by atoms with van der Waals surface area (Å²) >= 11 is 12.1. The Morgan fingerprint density at radius 1 is 1.10 bits per heavy atom. The number of anilines is 1. The van der Waals surface area contributed by atoms with Gasteiger partial charge in [0.1, 0.15) is 24.8 Å². The lowest BCUT2D eigenvalue weighted by Gasteiger charge is -2.41. The highest BCUT2D eigenvalue weighted by atomic mass is 35.5. The third kappa shape index (κ3) is 6.58. The van der Waals surface area contributed by atoms with Crippen LogP contribution in [0.5, 0.6) is 0 Å². The number of pyridine rings is 1. The van der Waals surface area contributed by atoms with Gasteiger partial charge in [-0.1, -0.05) is 23.2 Å². The van der Waals surface area contributed by atoms with Crippen molar-refractivity contribution in [2.75, 3.05) is 37.6 Å². The van der Waals surface area contributed by atoms with Gasteiger partial charge in [-0.05, 0) is 42.3 Å². The zero-order valence-electron chi connectivity index (χ0n) is 22.2. The molecule has 1 fully saturated rings. The van der Waals surface area contributed by atoms with E-state index in [-0.39, 0.29) is 41.9 Å². The van der Waals surface area contributed by atoms with E-state index in [2.05, 4.69) is 37.3 Å². The highest BCUT2D eigenvalue weighted by molar-refractivity contribution is 6.31. The highest BCUT2D eigenvalue weighted by Crippen LogP contribution is 2.37. The fourth-order valence-electron chi connectivity index (χ4n) is 5.87. The minimum atomic E-state index is -4.60. The lowest BCUT2D eigenvalue weighted by Crippen LogP contribution is -2.56. The van der Waals surface area contributed by atoms with Gasteiger partial charge in [0.05, 0.1) is 18.1 Å². The van der Waals surface area contributed by atoms with Crippen molar-refractivity contribution in [3.63, 3.8) is 0 Å². The smallest absolute Gasteiger partial charge is 0.357 e. The molecule has 0 radical (unpaired) electrons. The van der Waals surface area contributed by atoms with Gasteiger partial charge in [0, 0.05) is 60.4 Å². The van der Waals surface area contributed by atoms with Gasteiger partial charge in [-0.25, -0.2) is 14.1 Å². The second kappa shape index (κ2) is 12.6. The minimum Gasteiger partial charge on any atom is -0.357 e. The fraction of sp³-hybridized carbons (Fsp3) is 0.407. The zero-order chi connectivity index (χ0) is 27.3. The Bertz CT molecular complexity index is 1510. The van der Waals surface area contributed by atoms with E-state index in [1.807, 2.05) is 40.9 Å². The number of aromatic nitrogens is 4. The van der Waals surface area contributed by atoms with E-state index in [1.165, 1.54) is 17.3 Å². The van der Waals surface area contributed by atoms with Crippen LogP contribution < -0.4 is 14.8 Å². The van der Waals surface area contributed by atoms with Crippen LogP contribution in [0.1, 0.15) is 23.0 Å². The summed E-state index contributed by atoms with van der Waals surface area (Å²) in [5.74, 6) is 0.294. The van der Waals surface area contributed by atoms with Crippen molar-refractivity contribution >= 4 is 64.7 Å². The van der Waals surface area contributed by atoms with E-state index in [4.69, 9.17) is 23.2 Å². The monoisotopic (exact) mass is 650 g/mol. The third-order valence-corrected chi connectivity index (χ3v) is 8.21. The number of benzene rings is 1. The summed E-state index contributed by atoms with van der Waals surface area (Å²) < 4.78 is 44.5. The maximum absolute atomic E-state index is 13.4. The van der Waals surface area contributed by atoms with Crippen LogP contribution in [-0.2, 0) is 26.2 Å². The molecule has 1 aromatic carbocycles. The summed E-state index contributed by atoms with van der Waals surface area (Å²) in [6.45, 7) is 4.13. The van der Waals surface area contributed by atoms with Crippen LogP contribution in [0.15, 0.2) is 49.1 Å². The molecule has 1 saturated heterocycles. The van der Waals surface area contributed by atoms with Crippen molar-refractivity contribution in [3.8, 4) is 0 Å². The molecule has 2 atom stereocenters. The van der Waals surface area contributed by atoms with Crippen molar-refractivity contribution in [3.05, 3.63) is 76.0 Å². The molecule has 4 aromatic rings. The SMILES string of the molecule is C[n+]1ccn(CC2c3[nH]c4ccc(Cl)cc4c3CCN2CC2CN(c3ccc(Cl)c(C(F)(F)F)n3)CCN2)c1.Cl.Cl. The van der Waals surface area contributed by atoms with Gasteiger partial charge in [0.25, 0.3) is 0 Å². The van der Waals surface area contributed by atoms with Gasteiger partial charge in [0.15, 0.2) is 5.69 Å². The highest BCUT2D eigenvalue weighted by Gasteiger charge is 2.37.